The van der Waals surface area contributed by atoms with Gasteiger partial charge in [0.15, 0.2) is 0 Å². The highest BCUT2D eigenvalue weighted by Gasteiger charge is 2.09. The van der Waals surface area contributed by atoms with Crippen LogP contribution in [-0.4, -0.2) is 14.8 Å². The summed E-state index contributed by atoms with van der Waals surface area (Å²) in [5, 5.41) is 10.4. The molecule has 0 saturated heterocycles. The van der Waals surface area contributed by atoms with E-state index in [4.69, 9.17) is 11.6 Å². The molecule has 1 N–H and O–H groups in total. The number of halogens is 1. The Morgan fingerprint density at radius 2 is 2.30 bits per heavy atom. The molecule has 0 unspecified atom stereocenters. The van der Waals surface area contributed by atoms with Gasteiger partial charge in [0.05, 0.1) is 18.4 Å². The van der Waals surface area contributed by atoms with Gasteiger partial charge in [0, 0.05) is 17.6 Å². The van der Waals surface area contributed by atoms with E-state index < -0.39 is 0 Å². The molecule has 2 aromatic rings. The monoisotopic (exact) mass is 312 g/mol. The van der Waals surface area contributed by atoms with Crippen molar-refractivity contribution in [3.05, 3.63) is 37.7 Å². The van der Waals surface area contributed by atoms with Crippen LogP contribution in [0, 0.1) is 6.92 Å². The quantitative estimate of drug-likeness (QED) is 0.890. The highest BCUT2D eigenvalue weighted by Crippen LogP contribution is 2.17. The number of unbranched alkanes of at least 4 members (excludes halogenated alkanes) is 1. The molecule has 0 radical (unpaired) electrons. The van der Waals surface area contributed by atoms with Crippen molar-refractivity contribution in [3.8, 4) is 0 Å². The summed E-state index contributed by atoms with van der Waals surface area (Å²) in [6, 6.07) is 0. The van der Waals surface area contributed by atoms with Crippen molar-refractivity contribution in [1.29, 1.82) is 0 Å². The number of aromatic nitrogens is 3. The second kappa shape index (κ2) is 6.85. The minimum atomic E-state index is -0.250. The zero-order chi connectivity index (χ0) is 14.5. The molecule has 0 aromatic carbocycles. The van der Waals surface area contributed by atoms with Crippen LogP contribution in [-0.2, 0) is 13.1 Å². The minimum absolute atomic E-state index is 0.185. The lowest BCUT2D eigenvalue weighted by molar-refractivity contribution is 0.543. The first-order valence-corrected chi connectivity index (χ1v) is 7.78. The summed E-state index contributed by atoms with van der Waals surface area (Å²) in [6.45, 7) is 5.15. The SMILES string of the molecule is CCCCn1ncc(NCc2nc(C)cs2)c(Cl)c1=O. The summed E-state index contributed by atoms with van der Waals surface area (Å²) in [7, 11) is 0. The normalized spacial score (nSPS) is 10.8. The number of hydrogen-bond donors (Lipinski definition) is 1. The van der Waals surface area contributed by atoms with Crippen LogP contribution in [0.15, 0.2) is 16.4 Å². The van der Waals surface area contributed by atoms with Gasteiger partial charge in [-0.1, -0.05) is 24.9 Å². The van der Waals surface area contributed by atoms with E-state index >= 15 is 0 Å². The van der Waals surface area contributed by atoms with Crippen LogP contribution in [0.2, 0.25) is 5.02 Å². The molecule has 5 nitrogen and oxygen atoms in total. The van der Waals surface area contributed by atoms with E-state index in [1.807, 2.05) is 12.3 Å². The first-order chi connectivity index (χ1) is 9.61. The van der Waals surface area contributed by atoms with E-state index in [-0.39, 0.29) is 10.6 Å². The molecule has 0 amide bonds. The Kier molecular flexibility index (Phi) is 5.14. The van der Waals surface area contributed by atoms with Gasteiger partial charge in [0.2, 0.25) is 0 Å². The van der Waals surface area contributed by atoms with Gasteiger partial charge in [-0.25, -0.2) is 9.67 Å². The van der Waals surface area contributed by atoms with Crippen LogP contribution >= 0.6 is 22.9 Å². The van der Waals surface area contributed by atoms with Crippen LogP contribution in [0.25, 0.3) is 0 Å². The van der Waals surface area contributed by atoms with E-state index in [1.165, 1.54) is 4.68 Å². The van der Waals surface area contributed by atoms with Gasteiger partial charge < -0.3 is 5.32 Å². The van der Waals surface area contributed by atoms with E-state index in [0.29, 0.717) is 18.8 Å². The van der Waals surface area contributed by atoms with Crippen LogP contribution in [0.3, 0.4) is 0 Å². The Balaban J connectivity index is 2.09. The molecular weight excluding hydrogens is 296 g/mol. The first kappa shape index (κ1) is 15.0. The number of anilines is 1. The van der Waals surface area contributed by atoms with Crippen molar-refractivity contribution in [2.45, 2.75) is 39.8 Å². The maximum atomic E-state index is 12.0. The van der Waals surface area contributed by atoms with Crippen LogP contribution in [0.5, 0.6) is 0 Å². The van der Waals surface area contributed by atoms with Crippen molar-refractivity contribution in [2.24, 2.45) is 0 Å². The fraction of sp³-hybridized carbons (Fsp3) is 0.462. The third-order valence-electron chi connectivity index (χ3n) is 2.80. The molecule has 0 bridgehead atoms. The largest absolute Gasteiger partial charge is 0.376 e. The van der Waals surface area contributed by atoms with E-state index in [9.17, 15) is 4.79 Å². The summed E-state index contributed by atoms with van der Waals surface area (Å²) in [5.41, 5.74) is 1.30. The lowest BCUT2D eigenvalue weighted by atomic mass is 10.3. The van der Waals surface area contributed by atoms with Gasteiger partial charge in [-0.3, -0.25) is 4.79 Å². The number of rotatable bonds is 6. The van der Waals surface area contributed by atoms with Crippen molar-refractivity contribution in [2.75, 3.05) is 5.32 Å². The molecule has 108 valence electrons. The minimum Gasteiger partial charge on any atom is -0.376 e. The maximum absolute atomic E-state index is 12.0. The Labute approximate surface area is 126 Å². The predicted octanol–water partition coefficient (Wildman–Crippen LogP) is 3.07. The van der Waals surface area contributed by atoms with Crippen molar-refractivity contribution >= 4 is 28.6 Å². The molecule has 0 aliphatic rings. The summed E-state index contributed by atoms with van der Waals surface area (Å²) < 4.78 is 1.41. The number of nitrogens with one attached hydrogen (secondary N) is 1. The van der Waals surface area contributed by atoms with Gasteiger partial charge in [-0.05, 0) is 13.3 Å². The zero-order valence-corrected chi connectivity index (χ0v) is 13.1. The molecule has 0 fully saturated rings. The molecule has 0 spiro atoms. The second-order valence-corrected chi connectivity index (χ2v) is 5.81. The highest BCUT2D eigenvalue weighted by atomic mass is 35.5. The third kappa shape index (κ3) is 3.58. The molecule has 7 heteroatoms. The van der Waals surface area contributed by atoms with Gasteiger partial charge in [-0.15, -0.1) is 11.3 Å². The third-order valence-corrected chi connectivity index (χ3v) is 4.14. The fourth-order valence-corrected chi connectivity index (χ4v) is 2.63. The lowest BCUT2D eigenvalue weighted by Crippen LogP contribution is -2.24. The van der Waals surface area contributed by atoms with Crippen LogP contribution < -0.4 is 10.9 Å². The van der Waals surface area contributed by atoms with Crippen molar-refractivity contribution in [3.63, 3.8) is 0 Å². The molecule has 2 aromatic heterocycles. The average Bonchev–Trinajstić information content (AvgIpc) is 2.85. The Morgan fingerprint density at radius 3 is 2.95 bits per heavy atom. The Bertz CT molecular complexity index is 638. The molecular formula is C13H17ClN4OS. The summed E-state index contributed by atoms with van der Waals surface area (Å²) in [4.78, 5) is 16.4. The number of hydrogen-bond acceptors (Lipinski definition) is 5. The summed E-state index contributed by atoms with van der Waals surface area (Å²) in [6.07, 6.45) is 3.52. The zero-order valence-electron chi connectivity index (χ0n) is 11.5. The molecule has 2 rings (SSSR count). The van der Waals surface area contributed by atoms with Gasteiger partial charge in [0.25, 0.3) is 5.56 Å². The molecule has 0 aliphatic carbocycles. The van der Waals surface area contributed by atoms with Crippen molar-refractivity contribution < 1.29 is 0 Å². The summed E-state index contributed by atoms with van der Waals surface area (Å²) in [5.74, 6) is 0. The van der Waals surface area contributed by atoms with Gasteiger partial charge in [0.1, 0.15) is 10.0 Å². The number of nitrogens with zero attached hydrogens (tertiary/aromatic N) is 3. The fourth-order valence-electron chi connectivity index (χ4n) is 1.71. The molecule has 0 saturated carbocycles. The molecule has 0 atom stereocenters. The van der Waals surface area contributed by atoms with E-state index in [2.05, 4.69) is 22.3 Å². The number of thiazole rings is 1. The van der Waals surface area contributed by atoms with Crippen LogP contribution in [0.1, 0.15) is 30.5 Å². The molecule has 0 aliphatic heterocycles. The molecule has 20 heavy (non-hydrogen) atoms. The van der Waals surface area contributed by atoms with E-state index in [0.717, 1.165) is 23.5 Å². The van der Waals surface area contributed by atoms with Gasteiger partial charge >= 0.3 is 0 Å². The smallest absolute Gasteiger partial charge is 0.287 e. The van der Waals surface area contributed by atoms with Crippen molar-refractivity contribution in [1.82, 2.24) is 14.8 Å². The average molecular weight is 313 g/mol. The Morgan fingerprint density at radius 1 is 1.50 bits per heavy atom. The summed E-state index contributed by atoms with van der Waals surface area (Å²) >= 11 is 7.67. The molecule has 2 heterocycles. The van der Waals surface area contributed by atoms with Gasteiger partial charge in [-0.2, -0.15) is 5.10 Å². The Hall–Kier alpha value is -1.40. The first-order valence-electron chi connectivity index (χ1n) is 6.52. The topological polar surface area (TPSA) is 59.8 Å². The lowest BCUT2D eigenvalue weighted by Gasteiger charge is -2.09. The highest BCUT2D eigenvalue weighted by molar-refractivity contribution is 7.09. The van der Waals surface area contributed by atoms with E-state index in [1.54, 1.807) is 17.5 Å². The predicted molar refractivity (Wildman–Crippen MR) is 82.6 cm³/mol. The standard InChI is InChI=1S/C13H17ClN4OS/c1-3-4-5-18-13(19)12(14)10(6-16-18)15-7-11-17-9(2)8-20-11/h6,8,15H,3-5,7H2,1-2H3. The maximum Gasteiger partial charge on any atom is 0.287 e. The second-order valence-electron chi connectivity index (χ2n) is 4.49. The number of aryl methyl sites for hydroxylation is 2. The van der Waals surface area contributed by atoms with Crippen LogP contribution in [0.4, 0.5) is 5.69 Å².